The molecule has 1 spiro atoms. The van der Waals surface area contributed by atoms with E-state index in [1.54, 1.807) is 11.4 Å². The summed E-state index contributed by atoms with van der Waals surface area (Å²) >= 11 is 0. The quantitative estimate of drug-likeness (QED) is 0.472. The Balaban J connectivity index is 1.42. The number of ether oxygens (including phenoxy) is 1. The number of aryl methyl sites for hydroxylation is 1. The summed E-state index contributed by atoms with van der Waals surface area (Å²) in [6.07, 6.45) is -1.50. The maximum atomic E-state index is 14.7. The van der Waals surface area contributed by atoms with Crippen molar-refractivity contribution in [2.75, 3.05) is 36.5 Å². The van der Waals surface area contributed by atoms with Gasteiger partial charge in [0.05, 0.1) is 41.3 Å². The summed E-state index contributed by atoms with van der Waals surface area (Å²) in [6, 6.07) is 5.37. The lowest BCUT2D eigenvalue weighted by molar-refractivity contribution is -0.126. The molecule has 1 atom stereocenters. The Kier molecular flexibility index (Phi) is 4.67. The Morgan fingerprint density at radius 2 is 1.88 bits per heavy atom. The van der Waals surface area contributed by atoms with E-state index in [-0.39, 0.29) is 11.0 Å². The highest BCUT2D eigenvalue weighted by atomic mass is 19.3. The summed E-state index contributed by atoms with van der Waals surface area (Å²) in [7, 11) is 0. The SMILES string of the molecule is Cc1nc2c(N3CC4(COC4)C3)cc3c(N[C@H](C)c4cccc(C(F)F)c4F)ncnc3n2n1. The highest BCUT2D eigenvalue weighted by Gasteiger charge is 2.49. The van der Waals surface area contributed by atoms with Crippen LogP contribution in [0.15, 0.2) is 30.6 Å². The first-order chi connectivity index (χ1) is 16.3. The smallest absolute Gasteiger partial charge is 0.266 e. The number of hydrogen-bond acceptors (Lipinski definition) is 7. The number of halogens is 3. The van der Waals surface area contributed by atoms with E-state index in [4.69, 9.17) is 4.74 Å². The molecule has 2 aliphatic heterocycles. The maximum absolute atomic E-state index is 14.7. The topological polar surface area (TPSA) is 80.5 Å². The molecule has 1 N–H and O–H groups in total. The van der Waals surface area contributed by atoms with Crippen molar-refractivity contribution >= 4 is 28.2 Å². The molecular formula is C23H22F3N7O. The van der Waals surface area contributed by atoms with Gasteiger partial charge in [0.2, 0.25) is 0 Å². The Hall–Kier alpha value is -3.47. The van der Waals surface area contributed by atoms with Crippen LogP contribution >= 0.6 is 0 Å². The number of fused-ring (bicyclic) bond motifs is 3. The highest BCUT2D eigenvalue weighted by molar-refractivity contribution is 5.94. The highest BCUT2D eigenvalue weighted by Crippen LogP contribution is 2.42. The normalized spacial score (nSPS) is 17.9. The predicted molar refractivity (Wildman–Crippen MR) is 120 cm³/mol. The molecule has 176 valence electrons. The van der Waals surface area contributed by atoms with Gasteiger partial charge in [0.1, 0.15) is 23.8 Å². The molecule has 3 aromatic heterocycles. The molecule has 0 amide bonds. The van der Waals surface area contributed by atoms with Gasteiger partial charge in [-0.3, -0.25) is 0 Å². The van der Waals surface area contributed by atoms with Crippen LogP contribution in [0.5, 0.6) is 0 Å². The standard InChI is InChI=1S/C23H22F3N7O/c1-12(14-4-3-5-15(18(14)24)19(25)26)29-20-16-6-17(32-7-23(8-32)9-34-10-23)22-30-13(2)31-33(22)21(16)28-11-27-20/h3-6,11-12,19H,7-10H2,1-2H3,(H,27,28,29)/t12-/m1/s1. The van der Waals surface area contributed by atoms with Crippen molar-refractivity contribution in [1.82, 2.24) is 24.6 Å². The summed E-state index contributed by atoms with van der Waals surface area (Å²) < 4.78 is 48.2. The van der Waals surface area contributed by atoms with E-state index >= 15 is 0 Å². The fourth-order valence-electron chi connectivity index (χ4n) is 4.83. The number of rotatable bonds is 5. The molecule has 4 aromatic rings. The lowest BCUT2D eigenvalue weighted by atomic mass is 9.78. The molecule has 0 saturated carbocycles. The molecule has 2 saturated heterocycles. The zero-order valence-electron chi connectivity index (χ0n) is 18.6. The fourth-order valence-corrected chi connectivity index (χ4v) is 4.83. The van der Waals surface area contributed by atoms with Crippen molar-refractivity contribution in [1.29, 1.82) is 0 Å². The van der Waals surface area contributed by atoms with Crippen molar-refractivity contribution in [2.45, 2.75) is 26.3 Å². The van der Waals surface area contributed by atoms with E-state index in [2.05, 4.69) is 30.3 Å². The van der Waals surface area contributed by atoms with E-state index in [1.807, 2.05) is 13.0 Å². The van der Waals surface area contributed by atoms with Crippen LogP contribution in [0.3, 0.4) is 0 Å². The fraction of sp³-hybridized carbons (Fsp3) is 0.391. The number of aromatic nitrogens is 5. The number of nitrogens with zero attached hydrogens (tertiary/aromatic N) is 6. The Morgan fingerprint density at radius 1 is 1.12 bits per heavy atom. The Morgan fingerprint density at radius 3 is 2.59 bits per heavy atom. The van der Waals surface area contributed by atoms with E-state index in [1.165, 1.54) is 18.5 Å². The second-order valence-corrected chi connectivity index (χ2v) is 9.15. The number of hydrogen-bond donors (Lipinski definition) is 1. The molecule has 6 rings (SSSR count). The molecule has 5 heterocycles. The van der Waals surface area contributed by atoms with Gasteiger partial charge in [0, 0.05) is 18.7 Å². The van der Waals surface area contributed by atoms with E-state index < -0.39 is 23.8 Å². The van der Waals surface area contributed by atoms with E-state index in [0.717, 1.165) is 38.1 Å². The second-order valence-electron chi connectivity index (χ2n) is 9.15. The molecule has 0 unspecified atom stereocenters. The first-order valence-corrected chi connectivity index (χ1v) is 11.0. The molecule has 2 aliphatic rings. The Labute approximate surface area is 192 Å². The van der Waals surface area contributed by atoms with Gasteiger partial charge in [-0.1, -0.05) is 18.2 Å². The van der Waals surface area contributed by atoms with Crippen LogP contribution in [-0.4, -0.2) is 50.9 Å². The van der Waals surface area contributed by atoms with Gasteiger partial charge in [0.25, 0.3) is 6.43 Å². The van der Waals surface area contributed by atoms with Gasteiger partial charge < -0.3 is 15.0 Å². The third kappa shape index (κ3) is 3.17. The van der Waals surface area contributed by atoms with Gasteiger partial charge in [-0.15, -0.1) is 5.10 Å². The molecule has 0 aliphatic carbocycles. The van der Waals surface area contributed by atoms with E-state index in [0.29, 0.717) is 28.3 Å². The molecule has 11 heteroatoms. The average molecular weight is 469 g/mol. The summed E-state index contributed by atoms with van der Waals surface area (Å²) in [5.74, 6) is 0.153. The van der Waals surface area contributed by atoms with Crippen LogP contribution in [-0.2, 0) is 4.74 Å². The summed E-state index contributed by atoms with van der Waals surface area (Å²) in [5.41, 5.74) is 1.88. The lowest BCUT2D eigenvalue weighted by Crippen LogP contribution is -2.66. The van der Waals surface area contributed by atoms with Crippen molar-refractivity contribution in [3.8, 4) is 0 Å². The van der Waals surface area contributed by atoms with Crippen molar-refractivity contribution in [2.24, 2.45) is 5.41 Å². The van der Waals surface area contributed by atoms with Gasteiger partial charge in [0.15, 0.2) is 11.3 Å². The van der Waals surface area contributed by atoms with Crippen molar-refractivity contribution < 1.29 is 17.9 Å². The maximum Gasteiger partial charge on any atom is 0.266 e. The average Bonchev–Trinajstić information content (AvgIpc) is 3.14. The van der Waals surface area contributed by atoms with Crippen LogP contribution in [0.2, 0.25) is 0 Å². The van der Waals surface area contributed by atoms with Gasteiger partial charge in [-0.05, 0) is 19.9 Å². The molecule has 2 fully saturated rings. The van der Waals surface area contributed by atoms with Crippen LogP contribution < -0.4 is 10.2 Å². The monoisotopic (exact) mass is 469 g/mol. The minimum absolute atomic E-state index is 0.136. The summed E-state index contributed by atoms with van der Waals surface area (Å²) in [4.78, 5) is 15.6. The van der Waals surface area contributed by atoms with Crippen LogP contribution in [0.1, 0.15) is 36.3 Å². The number of anilines is 2. The van der Waals surface area contributed by atoms with Gasteiger partial charge >= 0.3 is 0 Å². The van der Waals surface area contributed by atoms with Crippen LogP contribution in [0.4, 0.5) is 24.7 Å². The minimum atomic E-state index is -2.89. The van der Waals surface area contributed by atoms with E-state index in [9.17, 15) is 13.2 Å². The lowest BCUT2D eigenvalue weighted by Gasteiger charge is -2.55. The largest absolute Gasteiger partial charge is 0.380 e. The number of pyridine rings is 1. The van der Waals surface area contributed by atoms with Crippen LogP contribution in [0, 0.1) is 18.2 Å². The van der Waals surface area contributed by atoms with Gasteiger partial charge in [-0.2, -0.15) is 4.52 Å². The van der Waals surface area contributed by atoms with Crippen molar-refractivity contribution in [3.63, 3.8) is 0 Å². The molecule has 1 aromatic carbocycles. The second kappa shape index (κ2) is 7.52. The first kappa shape index (κ1) is 21.1. The molecule has 8 nitrogen and oxygen atoms in total. The third-order valence-electron chi connectivity index (χ3n) is 6.61. The van der Waals surface area contributed by atoms with Crippen LogP contribution in [0.25, 0.3) is 16.7 Å². The third-order valence-corrected chi connectivity index (χ3v) is 6.61. The van der Waals surface area contributed by atoms with Gasteiger partial charge in [-0.25, -0.2) is 28.1 Å². The summed E-state index contributed by atoms with van der Waals surface area (Å²) in [5, 5.41) is 8.39. The summed E-state index contributed by atoms with van der Waals surface area (Å²) in [6.45, 7) is 6.76. The molecule has 34 heavy (non-hydrogen) atoms. The predicted octanol–water partition coefficient (Wildman–Crippen LogP) is 4.07. The number of benzene rings is 1. The first-order valence-electron chi connectivity index (χ1n) is 11.0. The molecular weight excluding hydrogens is 447 g/mol. The Bertz CT molecular complexity index is 1410. The molecule has 0 bridgehead atoms. The number of alkyl halides is 2. The zero-order valence-corrected chi connectivity index (χ0v) is 18.6. The zero-order chi connectivity index (χ0) is 23.6. The molecule has 0 radical (unpaired) electrons. The minimum Gasteiger partial charge on any atom is -0.380 e. The number of nitrogens with one attached hydrogen (secondary N) is 1. The van der Waals surface area contributed by atoms with Crippen molar-refractivity contribution in [3.05, 3.63) is 53.4 Å².